The Morgan fingerprint density at radius 1 is 1.00 bits per heavy atom. The summed E-state index contributed by atoms with van der Waals surface area (Å²) in [5, 5.41) is 2.89. The minimum atomic E-state index is -0.499. The molecule has 15 nitrogen and oxygen atoms in total. The number of nitrogens with zero attached hydrogens (tertiary/aromatic N) is 6. The van der Waals surface area contributed by atoms with Gasteiger partial charge < -0.3 is 48.6 Å². The molecule has 1 atom stereocenters. The molecule has 2 fully saturated rings. The van der Waals surface area contributed by atoms with Crippen LogP contribution in [0.15, 0.2) is 24.4 Å². The lowest BCUT2D eigenvalue weighted by molar-refractivity contribution is -0.120. The summed E-state index contributed by atoms with van der Waals surface area (Å²) < 4.78 is 28.3. The number of rotatable bonds is 16. The van der Waals surface area contributed by atoms with Gasteiger partial charge in [0.25, 0.3) is 5.91 Å². The number of carbonyl (C=O) groups is 3. The summed E-state index contributed by atoms with van der Waals surface area (Å²) in [4.78, 5) is 55.6. The van der Waals surface area contributed by atoms with Gasteiger partial charge in [-0.05, 0) is 71.1 Å². The lowest BCUT2D eigenvalue weighted by Crippen LogP contribution is -2.55. The Hall–Kier alpha value is -4.21. The molecule has 2 aromatic rings. The number of likely N-dealkylation sites (tertiary alicyclic amines) is 1. The van der Waals surface area contributed by atoms with Crippen molar-refractivity contribution >= 4 is 41.0 Å². The number of methoxy groups -OCH3 is 1. The number of hydrogen-bond donors (Lipinski definition) is 1. The van der Waals surface area contributed by atoms with Crippen molar-refractivity contribution in [2.24, 2.45) is 0 Å². The van der Waals surface area contributed by atoms with Crippen molar-refractivity contribution in [2.75, 3.05) is 88.6 Å². The number of carbonyl (C=O) groups excluding carboxylic acids is 3. The Morgan fingerprint density at radius 2 is 1.69 bits per heavy atom. The smallest absolute Gasteiger partial charge is 0.410 e. The molecule has 2 aliphatic heterocycles. The maximum Gasteiger partial charge on any atom is 0.410 e. The maximum atomic E-state index is 13.3. The van der Waals surface area contributed by atoms with Crippen molar-refractivity contribution in [2.45, 2.75) is 96.4 Å². The quantitative estimate of drug-likeness (QED) is 0.232. The summed E-state index contributed by atoms with van der Waals surface area (Å²) in [6.07, 6.45) is 8.16. The predicted octanol–water partition coefficient (Wildman–Crippen LogP) is 4.94. The van der Waals surface area contributed by atoms with Gasteiger partial charge in [-0.3, -0.25) is 9.59 Å². The average molecular weight is 754 g/mol. The number of likely N-dealkylation sites (N-methyl/N-ethyl adjacent to an activating group) is 1. The van der Waals surface area contributed by atoms with Gasteiger partial charge in [-0.25, -0.2) is 9.78 Å². The van der Waals surface area contributed by atoms with Crippen LogP contribution in [0.4, 0.5) is 27.9 Å². The highest BCUT2D eigenvalue weighted by Gasteiger charge is 2.41. The number of aromatic nitrogens is 2. The second kappa shape index (κ2) is 18.9. The summed E-state index contributed by atoms with van der Waals surface area (Å²) in [5.74, 6) is 1.57. The molecular weight excluding hydrogens is 694 g/mol. The van der Waals surface area contributed by atoms with Gasteiger partial charge in [0.1, 0.15) is 23.1 Å². The molecule has 1 saturated carbocycles. The number of anilines is 4. The van der Waals surface area contributed by atoms with Crippen molar-refractivity contribution in [1.82, 2.24) is 20.2 Å². The molecule has 3 amide bonds. The number of piperidine rings is 1. The number of benzene rings is 1. The van der Waals surface area contributed by atoms with Crippen molar-refractivity contribution in [1.29, 1.82) is 0 Å². The second-order valence-corrected chi connectivity index (χ2v) is 15.0. The van der Waals surface area contributed by atoms with Crippen LogP contribution in [0.5, 0.6) is 5.75 Å². The monoisotopic (exact) mass is 753 g/mol. The maximum absolute atomic E-state index is 13.3. The largest absolute Gasteiger partial charge is 0.495 e. The van der Waals surface area contributed by atoms with E-state index in [0.717, 1.165) is 44.3 Å². The van der Waals surface area contributed by atoms with Gasteiger partial charge in [-0.15, -0.1) is 0 Å². The molecular formula is C39H59N7O8. The fourth-order valence-electron chi connectivity index (χ4n) is 7.21. The Kier molecular flexibility index (Phi) is 14.3. The molecule has 1 aromatic heterocycles. The lowest BCUT2D eigenvalue weighted by Gasteiger charge is -2.43. The molecule has 3 aliphatic rings. The standard InChI is InChI=1S/C39H59N7O8/c1-8-30-36(48)43(5)32-26-41-37(42-34(32)46(30)28-11-9-10-12-28)44(6)31-14-13-27(25-33(31)50-7)35(47)40-17-20-51-21-22-52-23-24-53-29-15-18-45(19-16-29)38(49)54-39(2,3)4/h13-14,25-26,28-30H,8-12,15-24H2,1-7H3,(H,40,47)/t30-/m1/s1. The van der Waals surface area contributed by atoms with Crippen molar-refractivity contribution < 1.29 is 38.1 Å². The van der Waals surface area contributed by atoms with Gasteiger partial charge in [0.15, 0.2) is 5.82 Å². The van der Waals surface area contributed by atoms with Crippen LogP contribution < -0.4 is 24.8 Å². The predicted molar refractivity (Wildman–Crippen MR) is 206 cm³/mol. The van der Waals surface area contributed by atoms with Crippen LogP contribution in [0.2, 0.25) is 0 Å². The first kappa shape index (κ1) is 41.0. The van der Waals surface area contributed by atoms with Gasteiger partial charge in [-0.1, -0.05) is 19.8 Å². The van der Waals surface area contributed by atoms with Crippen molar-refractivity contribution in [3.63, 3.8) is 0 Å². The number of hydrogen-bond acceptors (Lipinski definition) is 12. The normalized spacial score (nSPS) is 18.2. The highest BCUT2D eigenvalue weighted by molar-refractivity contribution is 6.04. The molecule has 0 unspecified atom stereocenters. The van der Waals surface area contributed by atoms with E-state index >= 15 is 0 Å². The zero-order valence-electron chi connectivity index (χ0n) is 33.1. The molecule has 3 heterocycles. The Balaban J connectivity index is 1.03. The molecule has 1 saturated heterocycles. The molecule has 298 valence electrons. The molecule has 15 heteroatoms. The van der Waals surface area contributed by atoms with E-state index in [1.54, 1.807) is 42.3 Å². The summed E-state index contributed by atoms with van der Waals surface area (Å²) in [6.45, 7) is 11.3. The third-order valence-corrected chi connectivity index (χ3v) is 10.1. The highest BCUT2D eigenvalue weighted by atomic mass is 16.6. The first-order valence-electron chi connectivity index (χ1n) is 19.3. The molecule has 54 heavy (non-hydrogen) atoms. The Bertz CT molecular complexity index is 1570. The van der Waals surface area contributed by atoms with E-state index in [1.165, 1.54) is 0 Å². The van der Waals surface area contributed by atoms with Gasteiger partial charge in [0.05, 0.1) is 58.1 Å². The third-order valence-electron chi connectivity index (χ3n) is 10.1. The molecule has 5 rings (SSSR count). The Labute approximate surface area is 319 Å². The number of nitrogens with one attached hydrogen (secondary N) is 1. The third kappa shape index (κ3) is 10.3. The van der Waals surface area contributed by atoms with E-state index in [4.69, 9.17) is 28.7 Å². The van der Waals surface area contributed by atoms with Gasteiger partial charge in [-0.2, -0.15) is 4.98 Å². The first-order valence-corrected chi connectivity index (χ1v) is 19.3. The second-order valence-electron chi connectivity index (χ2n) is 15.0. The van der Waals surface area contributed by atoms with Crippen LogP contribution >= 0.6 is 0 Å². The summed E-state index contributed by atoms with van der Waals surface area (Å²) in [6, 6.07) is 5.27. The van der Waals surface area contributed by atoms with Gasteiger partial charge in [0, 0.05) is 45.3 Å². The van der Waals surface area contributed by atoms with E-state index < -0.39 is 5.60 Å². The molecule has 1 aliphatic carbocycles. The lowest BCUT2D eigenvalue weighted by atomic mass is 10.0. The van der Waals surface area contributed by atoms with Crippen LogP contribution in [0.25, 0.3) is 0 Å². The van der Waals surface area contributed by atoms with Crippen LogP contribution in [0.3, 0.4) is 0 Å². The number of amides is 3. The SMILES string of the molecule is CC[C@@H]1C(=O)N(C)c2cnc(N(C)c3ccc(C(=O)NCCOCCOCCOC4CCN(C(=O)OC(C)(C)C)CC4)cc3OC)nc2N1C1CCCC1. The van der Waals surface area contributed by atoms with E-state index in [9.17, 15) is 14.4 Å². The van der Waals surface area contributed by atoms with E-state index in [0.29, 0.717) is 87.7 Å². The number of fused-ring (bicyclic) bond motifs is 1. The molecule has 0 bridgehead atoms. The highest BCUT2D eigenvalue weighted by Crippen LogP contribution is 2.41. The molecule has 1 aromatic carbocycles. The van der Waals surface area contributed by atoms with Crippen LogP contribution in [0.1, 0.15) is 83.0 Å². The average Bonchev–Trinajstić information content (AvgIpc) is 3.70. The minimum Gasteiger partial charge on any atom is -0.495 e. The summed E-state index contributed by atoms with van der Waals surface area (Å²) in [5.41, 5.74) is 1.36. The summed E-state index contributed by atoms with van der Waals surface area (Å²) in [7, 11) is 5.22. The summed E-state index contributed by atoms with van der Waals surface area (Å²) >= 11 is 0. The zero-order valence-corrected chi connectivity index (χ0v) is 33.1. The van der Waals surface area contributed by atoms with Crippen LogP contribution in [-0.4, -0.2) is 130 Å². The molecule has 0 spiro atoms. The van der Waals surface area contributed by atoms with Gasteiger partial charge in [0.2, 0.25) is 11.9 Å². The van der Waals surface area contributed by atoms with Crippen LogP contribution in [0, 0.1) is 0 Å². The topological polar surface area (TPSA) is 148 Å². The zero-order chi connectivity index (χ0) is 38.8. The minimum absolute atomic E-state index is 0.0714. The van der Waals surface area contributed by atoms with Gasteiger partial charge >= 0.3 is 6.09 Å². The van der Waals surface area contributed by atoms with E-state index in [2.05, 4.69) is 15.2 Å². The number of ether oxygens (including phenoxy) is 5. The fourth-order valence-corrected chi connectivity index (χ4v) is 7.21. The van der Waals surface area contributed by atoms with Crippen LogP contribution in [-0.2, 0) is 23.7 Å². The fraction of sp³-hybridized carbons (Fsp3) is 0.667. The van der Waals surface area contributed by atoms with Crippen molar-refractivity contribution in [3.05, 3.63) is 30.0 Å². The van der Waals surface area contributed by atoms with E-state index in [-0.39, 0.29) is 36.1 Å². The molecule has 1 N–H and O–H groups in total. The van der Waals surface area contributed by atoms with E-state index in [1.807, 2.05) is 45.7 Å². The first-order chi connectivity index (χ1) is 25.9. The Morgan fingerprint density at radius 3 is 2.35 bits per heavy atom. The van der Waals surface area contributed by atoms with Crippen molar-refractivity contribution in [3.8, 4) is 5.75 Å². The molecule has 0 radical (unpaired) electrons.